The molecule has 1 aromatic heterocycles. The molecule has 0 spiro atoms. The van der Waals surface area contributed by atoms with Crippen molar-refractivity contribution in [3.05, 3.63) is 16.1 Å². The highest BCUT2D eigenvalue weighted by Gasteiger charge is 2.26. The van der Waals surface area contributed by atoms with Crippen LogP contribution in [0.25, 0.3) is 0 Å². The average molecular weight is 252 g/mol. The Kier molecular flexibility index (Phi) is 4.21. The Balaban J connectivity index is 2.01. The number of aromatic nitrogens is 1. The van der Waals surface area contributed by atoms with E-state index >= 15 is 0 Å². The molecule has 2 N–H and O–H groups in total. The summed E-state index contributed by atoms with van der Waals surface area (Å²) in [5.41, 5.74) is 7.58. The molecule has 0 radical (unpaired) electrons. The van der Waals surface area contributed by atoms with Gasteiger partial charge in [0.1, 0.15) is 5.01 Å². The van der Waals surface area contributed by atoms with Crippen molar-refractivity contribution in [2.24, 2.45) is 17.6 Å². The smallest absolute Gasteiger partial charge is 0.110 e. The third-order valence-corrected chi connectivity index (χ3v) is 4.95. The number of hydrogen-bond donors (Lipinski definition) is 1. The van der Waals surface area contributed by atoms with Gasteiger partial charge in [-0.2, -0.15) is 0 Å². The lowest BCUT2D eigenvalue weighted by molar-refractivity contribution is 0.255. The van der Waals surface area contributed by atoms with Gasteiger partial charge in [0.2, 0.25) is 0 Å². The molecule has 0 aromatic carbocycles. The Labute approximate surface area is 109 Å². The van der Waals surface area contributed by atoms with Gasteiger partial charge < -0.3 is 5.73 Å². The van der Waals surface area contributed by atoms with Crippen LogP contribution in [0.3, 0.4) is 0 Å². The lowest BCUT2D eigenvalue weighted by Gasteiger charge is -2.29. The van der Waals surface area contributed by atoms with Gasteiger partial charge in [0.25, 0.3) is 0 Å². The van der Waals surface area contributed by atoms with Gasteiger partial charge in [-0.1, -0.05) is 33.6 Å². The molecule has 1 fully saturated rings. The van der Waals surface area contributed by atoms with E-state index in [9.17, 15) is 0 Å². The molecule has 0 saturated heterocycles. The van der Waals surface area contributed by atoms with Gasteiger partial charge in [0.05, 0.1) is 11.7 Å². The maximum absolute atomic E-state index is 6.38. The molecule has 1 heterocycles. The lowest BCUT2D eigenvalue weighted by atomic mass is 9.79. The molecule has 1 saturated carbocycles. The first-order chi connectivity index (χ1) is 8.08. The molecule has 0 aliphatic heterocycles. The van der Waals surface area contributed by atoms with Crippen LogP contribution in [0, 0.1) is 11.8 Å². The van der Waals surface area contributed by atoms with Crippen LogP contribution in [-0.4, -0.2) is 4.98 Å². The second-order valence-corrected chi connectivity index (χ2v) is 6.70. The Bertz CT molecular complexity index is 351. The van der Waals surface area contributed by atoms with Gasteiger partial charge in [-0.3, -0.25) is 0 Å². The fraction of sp³-hybridized carbons (Fsp3) is 0.786. The van der Waals surface area contributed by atoms with E-state index in [0.717, 1.165) is 10.9 Å². The Morgan fingerprint density at radius 3 is 2.47 bits per heavy atom. The van der Waals surface area contributed by atoms with Gasteiger partial charge in [-0.05, 0) is 30.6 Å². The van der Waals surface area contributed by atoms with Crippen molar-refractivity contribution < 1.29 is 0 Å². The minimum absolute atomic E-state index is 0.167. The normalized spacial score (nSPS) is 27.4. The molecule has 2 nitrogen and oxygen atoms in total. The van der Waals surface area contributed by atoms with Gasteiger partial charge in [0, 0.05) is 5.38 Å². The van der Waals surface area contributed by atoms with E-state index in [-0.39, 0.29) is 6.04 Å². The molecule has 0 amide bonds. The molecule has 1 unspecified atom stereocenters. The van der Waals surface area contributed by atoms with Crippen molar-refractivity contribution in [1.82, 2.24) is 4.98 Å². The quantitative estimate of drug-likeness (QED) is 0.880. The first-order valence-electron chi connectivity index (χ1n) is 6.78. The van der Waals surface area contributed by atoms with Gasteiger partial charge >= 0.3 is 0 Å². The standard InChI is InChI=1S/C14H24N2S/c1-9(2)12-8-17-14(16-12)13(15)11-6-4-10(3)5-7-11/h8-11,13H,4-7,15H2,1-3H3. The van der Waals surface area contributed by atoms with E-state index in [4.69, 9.17) is 10.7 Å². The van der Waals surface area contributed by atoms with Crippen molar-refractivity contribution in [2.75, 3.05) is 0 Å². The van der Waals surface area contributed by atoms with E-state index in [0.29, 0.717) is 11.8 Å². The van der Waals surface area contributed by atoms with Crippen LogP contribution >= 0.6 is 11.3 Å². The summed E-state index contributed by atoms with van der Waals surface area (Å²) < 4.78 is 0. The molecule has 17 heavy (non-hydrogen) atoms. The predicted octanol–water partition coefficient (Wildman–Crippen LogP) is 4.09. The summed E-state index contributed by atoms with van der Waals surface area (Å²) in [5, 5.41) is 3.32. The number of thiazole rings is 1. The van der Waals surface area contributed by atoms with E-state index in [1.807, 2.05) is 0 Å². The SMILES string of the molecule is CC1CCC(C(N)c2nc(C(C)C)cs2)CC1. The summed E-state index contributed by atoms with van der Waals surface area (Å²) in [7, 11) is 0. The highest BCUT2D eigenvalue weighted by Crippen LogP contribution is 2.36. The number of rotatable bonds is 3. The largest absolute Gasteiger partial charge is 0.322 e. The van der Waals surface area contributed by atoms with Crippen LogP contribution in [-0.2, 0) is 0 Å². The van der Waals surface area contributed by atoms with Crippen molar-refractivity contribution in [1.29, 1.82) is 0 Å². The first-order valence-corrected chi connectivity index (χ1v) is 7.66. The summed E-state index contributed by atoms with van der Waals surface area (Å²) >= 11 is 1.74. The minimum atomic E-state index is 0.167. The van der Waals surface area contributed by atoms with Crippen molar-refractivity contribution in [3.63, 3.8) is 0 Å². The highest BCUT2D eigenvalue weighted by molar-refractivity contribution is 7.09. The molecule has 1 aliphatic carbocycles. The zero-order chi connectivity index (χ0) is 12.4. The van der Waals surface area contributed by atoms with Crippen molar-refractivity contribution in [2.45, 2.75) is 58.4 Å². The molecule has 1 atom stereocenters. The zero-order valence-electron chi connectivity index (χ0n) is 11.1. The predicted molar refractivity (Wildman–Crippen MR) is 74.3 cm³/mol. The summed E-state index contributed by atoms with van der Waals surface area (Å²) in [6.45, 7) is 6.72. The zero-order valence-corrected chi connectivity index (χ0v) is 12.0. The fourth-order valence-electron chi connectivity index (χ4n) is 2.57. The molecule has 96 valence electrons. The topological polar surface area (TPSA) is 38.9 Å². The number of nitrogens with two attached hydrogens (primary N) is 1. The fourth-order valence-corrected chi connectivity index (χ4v) is 3.64. The minimum Gasteiger partial charge on any atom is -0.322 e. The summed E-state index contributed by atoms with van der Waals surface area (Å²) in [4.78, 5) is 4.70. The monoisotopic (exact) mass is 252 g/mol. The maximum Gasteiger partial charge on any atom is 0.110 e. The third-order valence-electron chi connectivity index (χ3n) is 3.98. The van der Waals surface area contributed by atoms with E-state index in [1.54, 1.807) is 11.3 Å². The summed E-state index contributed by atoms with van der Waals surface area (Å²) in [6.07, 6.45) is 5.22. The van der Waals surface area contributed by atoms with Gasteiger partial charge in [0.15, 0.2) is 0 Å². The highest BCUT2D eigenvalue weighted by atomic mass is 32.1. The van der Waals surface area contributed by atoms with Gasteiger partial charge in [-0.25, -0.2) is 4.98 Å². The molecular weight excluding hydrogens is 228 g/mol. The molecule has 1 aromatic rings. The van der Waals surface area contributed by atoms with Crippen LogP contribution in [0.2, 0.25) is 0 Å². The van der Waals surface area contributed by atoms with E-state index < -0.39 is 0 Å². The Hall–Kier alpha value is -0.410. The van der Waals surface area contributed by atoms with Crippen LogP contribution in [0.5, 0.6) is 0 Å². The molecule has 3 heteroatoms. The van der Waals surface area contributed by atoms with Gasteiger partial charge in [-0.15, -0.1) is 11.3 Å². The average Bonchev–Trinajstić information content (AvgIpc) is 2.78. The second-order valence-electron chi connectivity index (χ2n) is 5.81. The van der Waals surface area contributed by atoms with Crippen molar-refractivity contribution >= 4 is 11.3 Å². The Morgan fingerprint density at radius 1 is 1.29 bits per heavy atom. The summed E-state index contributed by atoms with van der Waals surface area (Å²) in [6, 6.07) is 0.167. The lowest BCUT2D eigenvalue weighted by Crippen LogP contribution is -2.25. The number of hydrogen-bond acceptors (Lipinski definition) is 3. The van der Waals surface area contributed by atoms with Crippen molar-refractivity contribution in [3.8, 4) is 0 Å². The van der Waals surface area contributed by atoms with E-state index in [1.165, 1.54) is 31.4 Å². The molecule has 2 rings (SSSR count). The molecule has 0 bridgehead atoms. The van der Waals surface area contributed by atoms with Crippen LogP contribution < -0.4 is 5.73 Å². The van der Waals surface area contributed by atoms with E-state index in [2.05, 4.69) is 26.2 Å². The van der Waals surface area contributed by atoms with Crippen LogP contribution in [0.15, 0.2) is 5.38 Å². The second kappa shape index (κ2) is 5.49. The molecular formula is C14H24N2S. The Morgan fingerprint density at radius 2 is 1.94 bits per heavy atom. The van der Waals surface area contributed by atoms with Crippen LogP contribution in [0.1, 0.15) is 69.1 Å². The number of nitrogens with zero attached hydrogens (tertiary/aromatic N) is 1. The first kappa shape index (κ1) is 13.0. The van der Waals surface area contributed by atoms with Crippen LogP contribution in [0.4, 0.5) is 0 Å². The maximum atomic E-state index is 6.38. The molecule has 1 aliphatic rings. The third kappa shape index (κ3) is 3.08. The summed E-state index contributed by atoms with van der Waals surface area (Å²) in [5.74, 6) is 2.05.